The number of hydrogen-bond donors (Lipinski definition) is 5. The lowest BCUT2D eigenvalue weighted by atomic mass is 9.95. The van der Waals surface area contributed by atoms with Crippen molar-refractivity contribution >= 4 is 17.6 Å². The predicted molar refractivity (Wildman–Crippen MR) is 65.5 cm³/mol. The van der Waals surface area contributed by atoms with Crippen LogP contribution in [0.25, 0.3) is 0 Å². The van der Waals surface area contributed by atoms with E-state index in [1.165, 1.54) is 0 Å². The molecule has 1 saturated heterocycles. The fourth-order valence-electron chi connectivity index (χ4n) is 1.68. The molecule has 0 radical (unpaired) electrons. The van der Waals surface area contributed by atoms with E-state index >= 15 is 0 Å². The summed E-state index contributed by atoms with van der Waals surface area (Å²) in [7, 11) is 0. The van der Waals surface area contributed by atoms with Crippen molar-refractivity contribution in [2.45, 2.75) is 24.0 Å². The molecule has 0 aliphatic carbocycles. The Balaban J connectivity index is 2.74. The second-order valence-electron chi connectivity index (χ2n) is 4.22. The summed E-state index contributed by atoms with van der Waals surface area (Å²) in [5, 5.41) is 43.1. The van der Waals surface area contributed by atoms with Gasteiger partial charge in [-0.1, -0.05) is 0 Å². The number of carbonyl (C=O) groups is 1. The van der Waals surface area contributed by atoms with Crippen molar-refractivity contribution in [3.63, 3.8) is 0 Å². The van der Waals surface area contributed by atoms with E-state index < -0.39 is 43.3 Å². The number of amides is 2. The van der Waals surface area contributed by atoms with E-state index in [1.54, 1.807) is 0 Å². The number of urea groups is 1. The molecule has 0 bridgehead atoms. The summed E-state index contributed by atoms with van der Waals surface area (Å²) in [4.78, 5) is 22.1. The molecule has 20 heavy (non-hydrogen) atoms. The number of nitrogens with zero attached hydrogens (tertiary/aromatic N) is 2. The third-order valence-electron chi connectivity index (χ3n) is 2.84. The van der Waals surface area contributed by atoms with Crippen molar-refractivity contribution < 1.29 is 30.0 Å². The lowest BCUT2D eigenvalue weighted by Crippen LogP contribution is -2.70. The Kier molecular flexibility index (Phi) is 6.05. The minimum Gasteiger partial charge on any atom is -0.394 e. The Hall–Kier alpha value is -1.04. The normalized spacial score (nSPS) is 33.5. The molecule has 1 fully saturated rings. The number of aliphatic hydroxyl groups is 4. The first-order valence-corrected chi connectivity index (χ1v) is 6.23. The van der Waals surface area contributed by atoms with Crippen LogP contribution in [0.2, 0.25) is 0 Å². The van der Waals surface area contributed by atoms with E-state index in [2.05, 4.69) is 5.29 Å². The molecule has 116 valence electrons. The molecule has 1 aliphatic heterocycles. The van der Waals surface area contributed by atoms with E-state index in [0.717, 1.165) is 0 Å². The summed E-state index contributed by atoms with van der Waals surface area (Å²) >= 11 is 5.36. The number of aliphatic hydroxyl groups excluding tert-OH is 3. The van der Waals surface area contributed by atoms with Crippen LogP contribution in [0.4, 0.5) is 4.79 Å². The molecule has 0 aromatic heterocycles. The number of alkyl halides is 1. The van der Waals surface area contributed by atoms with Crippen molar-refractivity contribution in [1.29, 1.82) is 0 Å². The van der Waals surface area contributed by atoms with Gasteiger partial charge in [0.05, 0.1) is 25.0 Å². The fraction of sp³-hybridized carbons (Fsp3) is 0.889. The predicted octanol–water partition coefficient (Wildman–Crippen LogP) is -2.28. The topological polar surface area (TPSA) is 152 Å². The Morgan fingerprint density at radius 1 is 1.55 bits per heavy atom. The van der Waals surface area contributed by atoms with Crippen LogP contribution in [-0.2, 0) is 4.74 Å². The quantitative estimate of drug-likeness (QED) is 0.166. The van der Waals surface area contributed by atoms with Gasteiger partial charge >= 0.3 is 6.03 Å². The number of rotatable bonds is 5. The van der Waals surface area contributed by atoms with Crippen LogP contribution in [0.15, 0.2) is 5.29 Å². The molecule has 0 aromatic rings. The van der Waals surface area contributed by atoms with Gasteiger partial charge < -0.3 is 30.5 Å². The molecular formula is C9H16ClN3O7. The Morgan fingerprint density at radius 3 is 2.70 bits per heavy atom. The molecule has 2 amide bonds. The lowest BCUT2D eigenvalue weighted by Gasteiger charge is -2.43. The summed E-state index contributed by atoms with van der Waals surface area (Å²) in [6.07, 6.45) is -4.53. The van der Waals surface area contributed by atoms with Crippen molar-refractivity contribution in [2.24, 2.45) is 5.29 Å². The molecule has 0 saturated carbocycles. The molecule has 1 aliphatic rings. The molecule has 1 rings (SSSR count). The summed E-state index contributed by atoms with van der Waals surface area (Å²) in [5.41, 5.74) is -2.32. The summed E-state index contributed by atoms with van der Waals surface area (Å²) in [6, 6.07) is -1.11. The van der Waals surface area contributed by atoms with E-state index in [0.29, 0.717) is 5.01 Å². The van der Waals surface area contributed by atoms with E-state index in [1.807, 2.05) is 5.32 Å². The second kappa shape index (κ2) is 7.11. The third-order valence-corrected chi connectivity index (χ3v) is 3.01. The summed E-state index contributed by atoms with van der Waals surface area (Å²) in [6.45, 7) is -1.36. The van der Waals surface area contributed by atoms with E-state index in [9.17, 15) is 25.0 Å². The number of ether oxygens (including phenoxy) is 1. The van der Waals surface area contributed by atoms with Crippen LogP contribution in [-0.4, -0.2) is 81.1 Å². The van der Waals surface area contributed by atoms with Crippen molar-refractivity contribution in [1.82, 2.24) is 10.3 Å². The van der Waals surface area contributed by atoms with Gasteiger partial charge in [-0.2, -0.15) is 5.01 Å². The average Bonchev–Trinajstić information content (AvgIpc) is 2.42. The van der Waals surface area contributed by atoms with Crippen LogP contribution in [0.3, 0.4) is 0 Å². The van der Waals surface area contributed by atoms with Crippen LogP contribution in [0, 0.1) is 4.91 Å². The first-order valence-electron chi connectivity index (χ1n) is 5.69. The van der Waals surface area contributed by atoms with Crippen molar-refractivity contribution in [3.05, 3.63) is 4.91 Å². The van der Waals surface area contributed by atoms with Gasteiger partial charge in [0.2, 0.25) is 0 Å². The standard InChI is InChI=1S/C9H16ClN3O7/c10-1-2-13(12-19)8(17)11-9(18)4-20-5(3-14)6(15)7(9)16/h5-7,14-16,18H,1-4H2,(H,11,17)/t5-,6-,7+,9-/m1/s1. The second-order valence-corrected chi connectivity index (χ2v) is 4.59. The highest BCUT2D eigenvalue weighted by molar-refractivity contribution is 6.18. The van der Waals surface area contributed by atoms with Gasteiger partial charge in [-0.3, -0.25) is 0 Å². The zero-order chi connectivity index (χ0) is 15.3. The Bertz CT molecular complexity index is 360. The molecule has 0 aromatic carbocycles. The molecule has 0 spiro atoms. The van der Waals surface area contributed by atoms with Gasteiger partial charge in [0.25, 0.3) is 0 Å². The first kappa shape index (κ1) is 17.0. The van der Waals surface area contributed by atoms with Gasteiger partial charge in [-0.25, -0.2) is 4.79 Å². The summed E-state index contributed by atoms with van der Waals surface area (Å²) < 4.78 is 4.92. The Morgan fingerprint density at radius 2 is 2.20 bits per heavy atom. The van der Waals surface area contributed by atoms with E-state index in [-0.39, 0.29) is 12.4 Å². The number of carbonyl (C=O) groups excluding carboxylic acids is 1. The maximum atomic E-state index is 11.6. The lowest BCUT2D eigenvalue weighted by molar-refractivity contribution is -0.246. The highest BCUT2D eigenvalue weighted by Gasteiger charge is 2.49. The minimum atomic E-state index is -2.32. The largest absolute Gasteiger partial charge is 0.394 e. The number of halogens is 1. The van der Waals surface area contributed by atoms with Crippen LogP contribution < -0.4 is 5.32 Å². The zero-order valence-corrected chi connectivity index (χ0v) is 11.1. The molecule has 5 N–H and O–H groups in total. The van der Waals surface area contributed by atoms with Crippen LogP contribution in [0.1, 0.15) is 0 Å². The van der Waals surface area contributed by atoms with Gasteiger partial charge in [-0.05, 0) is 0 Å². The van der Waals surface area contributed by atoms with Crippen molar-refractivity contribution in [3.8, 4) is 0 Å². The Labute approximate surface area is 118 Å². The SMILES string of the molecule is O=NN(CCCl)C(=O)N[C@@]1(O)CO[C@H](CO)[C@@H](O)[C@@H]1O. The minimum absolute atomic E-state index is 0.0636. The van der Waals surface area contributed by atoms with E-state index in [4.69, 9.17) is 21.4 Å². The zero-order valence-electron chi connectivity index (χ0n) is 10.3. The smallest absolute Gasteiger partial charge is 0.342 e. The van der Waals surface area contributed by atoms with Gasteiger partial charge in [0.15, 0.2) is 5.72 Å². The molecule has 1 heterocycles. The number of nitroso groups, excluding NO2 is 1. The highest BCUT2D eigenvalue weighted by Crippen LogP contribution is 2.22. The molecule has 10 nitrogen and oxygen atoms in total. The highest BCUT2D eigenvalue weighted by atomic mass is 35.5. The molecule has 0 unspecified atom stereocenters. The van der Waals surface area contributed by atoms with Gasteiger partial charge in [-0.15, -0.1) is 16.5 Å². The molecular weight excluding hydrogens is 298 g/mol. The van der Waals surface area contributed by atoms with Gasteiger partial charge in [0.1, 0.15) is 18.3 Å². The molecule has 11 heteroatoms. The maximum absolute atomic E-state index is 11.6. The van der Waals surface area contributed by atoms with Crippen molar-refractivity contribution in [2.75, 3.05) is 25.6 Å². The first-order chi connectivity index (χ1) is 9.39. The fourth-order valence-corrected chi connectivity index (χ4v) is 1.84. The average molecular weight is 314 g/mol. The summed E-state index contributed by atoms with van der Waals surface area (Å²) in [5.74, 6) is -0.0636. The molecule has 4 atom stereocenters. The number of hydrogen-bond acceptors (Lipinski definition) is 8. The van der Waals surface area contributed by atoms with Crippen LogP contribution >= 0.6 is 11.6 Å². The maximum Gasteiger partial charge on any atom is 0.342 e. The number of nitrogens with one attached hydrogen (secondary N) is 1. The third kappa shape index (κ3) is 3.53. The van der Waals surface area contributed by atoms with Gasteiger partial charge in [0, 0.05) is 5.88 Å². The monoisotopic (exact) mass is 313 g/mol. The van der Waals surface area contributed by atoms with Crippen LogP contribution in [0.5, 0.6) is 0 Å².